The average molecular weight is 516 g/mol. The van der Waals surface area contributed by atoms with Crippen LogP contribution < -0.4 is 15.8 Å². The van der Waals surface area contributed by atoms with Gasteiger partial charge >= 0.3 is 6.09 Å². The summed E-state index contributed by atoms with van der Waals surface area (Å²) in [7, 11) is 0. The van der Waals surface area contributed by atoms with Gasteiger partial charge in [0.2, 0.25) is 0 Å². The van der Waals surface area contributed by atoms with E-state index in [1.54, 1.807) is 12.1 Å². The van der Waals surface area contributed by atoms with E-state index in [-0.39, 0.29) is 35.7 Å². The normalized spacial score (nSPS) is 20.7. The van der Waals surface area contributed by atoms with Crippen LogP contribution in [0.25, 0.3) is 16.6 Å². The van der Waals surface area contributed by atoms with Crippen LogP contribution in [0.15, 0.2) is 47.5 Å². The maximum Gasteiger partial charge on any atom is 0.410 e. The molecule has 1 aromatic heterocycles. The summed E-state index contributed by atoms with van der Waals surface area (Å²) in [5.74, 6) is -0.123. The van der Waals surface area contributed by atoms with Gasteiger partial charge in [0.1, 0.15) is 11.9 Å². The first kappa shape index (κ1) is 24.5. The summed E-state index contributed by atoms with van der Waals surface area (Å²) in [5.41, 5.74) is 2.91. The number of piperazine rings is 1. The average Bonchev–Trinajstić information content (AvgIpc) is 3.44. The van der Waals surface area contributed by atoms with Crippen molar-refractivity contribution in [2.24, 2.45) is 0 Å². The Hall–Kier alpha value is -3.88. The molecule has 2 aliphatic heterocycles. The molecule has 2 atom stereocenters. The standard InChI is InChI=1S/C29H33N5O4/c1-17-5-6-18(26(35)31-19-7-8-19)11-25(17)34-16-30-24-10-9-20(13-23(24)27(34)36)32-14-22-12-21(32)15-33(22)28(37)38-29(2,3)4/h5-6,9-11,13,16,19,21-22H,7-8,12,14-15H2,1-4H3,(H,31,35). The van der Waals surface area contributed by atoms with Crippen LogP contribution in [0.1, 0.15) is 56.0 Å². The number of aromatic nitrogens is 2. The predicted octanol–water partition coefficient (Wildman–Crippen LogP) is 3.78. The second-order valence-corrected chi connectivity index (χ2v) is 11.7. The van der Waals surface area contributed by atoms with Gasteiger partial charge in [0.25, 0.3) is 11.5 Å². The van der Waals surface area contributed by atoms with Crippen molar-refractivity contribution >= 4 is 28.6 Å². The molecule has 9 heteroatoms. The van der Waals surface area contributed by atoms with Gasteiger partial charge < -0.3 is 19.9 Å². The number of nitrogens with one attached hydrogen (secondary N) is 1. The second kappa shape index (κ2) is 8.85. The molecule has 2 saturated heterocycles. The Morgan fingerprint density at radius 2 is 1.84 bits per heavy atom. The van der Waals surface area contributed by atoms with Crippen molar-refractivity contribution in [2.75, 3.05) is 18.0 Å². The summed E-state index contributed by atoms with van der Waals surface area (Å²) >= 11 is 0. The van der Waals surface area contributed by atoms with Gasteiger partial charge in [-0.1, -0.05) is 6.07 Å². The Morgan fingerprint density at radius 3 is 2.53 bits per heavy atom. The third-order valence-electron chi connectivity index (χ3n) is 7.59. The molecule has 6 rings (SSSR count). The Morgan fingerprint density at radius 1 is 1.05 bits per heavy atom. The topological polar surface area (TPSA) is 96.8 Å². The van der Waals surface area contributed by atoms with Crippen molar-refractivity contribution in [3.63, 3.8) is 0 Å². The fraction of sp³-hybridized carbons (Fsp3) is 0.448. The van der Waals surface area contributed by atoms with E-state index >= 15 is 0 Å². The van der Waals surface area contributed by atoms with Gasteiger partial charge in [-0.2, -0.15) is 0 Å². The molecule has 1 aliphatic carbocycles. The lowest BCUT2D eigenvalue weighted by Crippen LogP contribution is -2.50. The van der Waals surface area contributed by atoms with Crippen LogP contribution in [0.5, 0.6) is 0 Å². The van der Waals surface area contributed by atoms with E-state index in [1.807, 2.05) is 56.9 Å². The lowest BCUT2D eigenvalue weighted by atomic mass is 10.1. The van der Waals surface area contributed by atoms with Crippen LogP contribution >= 0.6 is 0 Å². The van der Waals surface area contributed by atoms with Crippen LogP contribution in [0, 0.1) is 6.92 Å². The number of ether oxygens (including phenoxy) is 1. The molecule has 38 heavy (non-hydrogen) atoms. The van der Waals surface area contributed by atoms with Crippen LogP contribution in [0.4, 0.5) is 10.5 Å². The van der Waals surface area contributed by atoms with Crippen molar-refractivity contribution in [2.45, 2.75) is 70.7 Å². The van der Waals surface area contributed by atoms with E-state index in [0.717, 1.165) is 30.5 Å². The summed E-state index contributed by atoms with van der Waals surface area (Å²) in [6.45, 7) is 8.85. The number of fused-ring (bicyclic) bond motifs is 3. The van der Waals surface area contributed by atoms with Crippen molar-refractivity contribution in [1.82, 2.24) is 19.8 Å². The second-order valence-electron chi connectivity index (χ2n) is 11.7. The van der Waals surface area contributed by atoms with E-state index < -0.39 is 5.60 Å². The maximum absolute atomic E-state index is 13.7. The molecular formula is C29H33N5O4. The quantitative estimate of drug-likeness (QED) is 0.568. The van der Waals surface area contributed by atoms with Crippen LogP contribution in [0.3, 0.4) is 0 Å². The number of likely N-dealkylation sites (tertiary alicyclic amines) is 1. The minimum Gasteiger partial charge on any atom is -0.444 e. The SMILES string of the molecule is Cc1ccc(C(=O)NC2CC2)cc1-n1cnc2ccc(N3CC4CC3CN4C(=O)OC(C)(C)C)cc2c1=O. The maximum atomic E-state index is 13.7. The molecule has 0 radical (unpaired) electrons. The summed E-state index contributed by atoms with van der Waals surface area (Å²) in [6.07, 6.45) is 4.17. The predicted molar refractivity (Wildman–Crippen MR) is 145 cm³/mol. The first-order valence-electron chi connectivity index (χ1n) is 13.3. The van der Waals surface area contributed by atoms with E-state index in [1.165, 1.54) is 10.9 Å². The van der Waals surface area contributed by atoms with Crippen LogP contribution in [-0.2, 0) is 4.74 Å². The summed E-state index contributed by atoms with van der Waals surface area (Å²) in [6, 6.07) is 11.7. The first-order valence-corrected chi connectivity index (χ1v) is 13.3. The van der Waals surface area contributed by atoms with Gasteiger partial charge in [-0.15, -0.1) is 0 Å². The third-order valence-corrected chi connectivity index (χ3v) is 7.59. The summed E-state index contributed by atoms with van der Waals surface area (Å²) < 4.78 is 7.11. The number of hydrogen-bond acceptors (Lipinski definition) is 6. The van der Waals surface area contributed by atoms with E-state index in [2.05, 4.69) is 15.2 Å². The third kappa shape index (κ3) is 4.50. The molecule has 2 unspecified atom stereocenters. The lowest BCUT2D eigenvalue weighted by Gasteiger charge is -2.36. The minimum absolute atomic E-state index is 0.0864. The zero-order chi connectivity index (χ0) is 26.8. The zero-order valence-corrected chi connectivity index (χ0v) is 22.2. The van der Waals surface area contributed by atoms with Crippen LogP contribution in [-0.4, -0.2) is 63.3 Å². The number of nitrogens with zero attached hydrogens (tertiary/aromatic N) is 4. The Bertz CT molecular complexity index is 1500. The fourth-order valence-electron chi connectivity index (χ4n) is 5.49. The molecule has 1 saturated carbocycles. The Balaban J connectivity index is 1.28. The fourth-order valence-corrected chi connectivity index (χ4v) is 5.49. The highest BCUT2D eigenvalue weighted by Crippen LogP contribution is 2.36. The molecule has 198 valence electrons. The van der Waals surface area contributed by atoms with Gasteiger partial charge in [-0.3, -0.25) is 14.2 Å². The lowest BCUT2D eigenvalue weighted by molar-refractivity contribution is 0.0214. The number of hydrogen-bond donors (Lipinski definition) is 1. The molecule has 3 fully saturated rings. The van der Waals surface area contributed by atoms with Crippen LogP contribution in [0.2, 0.25) is 0 Å². The molecule has 2 aromatic carbocycles. The molecular weight excluding hydrogens is 482 g/mol. The van der Waals surface area contributed by atoms with E-state index in [0.29, 0.717) is 35.2 Å². The molecule has 0 spiro atoms. The molecule has 3 aromatic rings. The Kier molecular flexibility index (Phi) is 5.70. The van der Waals surface area contributed by atoms with Gasteiger partial charge in [0, 0.05) is 36.4 Å². The number of carbonyl (C=O) groups excluding carboxylic acids is 2. The van der Waals surface area contributed by atoms with Crippen molar-refractivity contribution in [3.8, 4) is 5.69 Å². The summed E-state index contributed by atoms with van der Waals surface area (Å²) in [5, 5.41) is 3.52. The highest BCUT2D eigenvalue weighted by molar-refractivity contribution is 5.95. The number of aryl methyl sites for hydroxylation is 1. The number of rotatable bonds is 4. The van der Waals surface area contributed by atoms with Crippen molar-refractivity contribution in [1.29, 1.82) is 0 Å². The van der Waals surface area contributed by atoms with Crippen molar-refractivity contribution in [3.05, 3.63) is 64.2 Å². The zero-order valence-electron chi connectivity index (χ0n) is 22.2. The number of amides is 2. The minimum atomic E-state index is -0.525. The van der Waals surface area contributed by atoms with Gasteiger partial charge in [0.15, 0.2) is 0 Å². The smallest absolute Gasteiger partial charge is 0.410 e. The number of anilines is 1. The molecule has 2 bridgehead atoms. The van der Waals surface area contributed by atoms with Crippen molar-refractivity contribution < 1.29 is 14.3 Å². The molecule has 9 nitrogen and oxygen atoms in total. The van der Waals surface area contributed by atoms with Gasteiger partial charge in [-0.25, -0.2) is 9.78 Å². The molecule has 1 N–H and O–H groups in total. The molecule has 2 amide bonds. The summed E-state index contributed by atoms with van der Waals surface area (Å²) in [4.78, 5) is 47.6. The largest absolute Gasteiger partial charge is 0.444 e. The first-order chi connectivity index (χ1) is 18.1. The highest BCUT2D eigenvalue weighted by atomic mass is 16.6. The Labute approximate surface area is 221 Å². The number of benzene rings is 2. The number of carbonyl (C=O) groups is 2. The van der Waals surface area contributed by atoms with E-state index in [9.17, 15) is 14.4 Å². The molecule has 3 heterocycles. The highest BCUT2D eigenvalue weighted by Gasteiger charge is 2.46. The van der Waals surface area contributed by atoms with Gasteiger partial charge in [0.05, 0.1) is 22.6 Å². The monoisotopic (exact) mass is 515 g/mol. The van der Waals surface area contributed by atoms with E-state index in [4.69, 9.17) is 4.74 Å². The van der Waals surface area contributed by atoms with Gasteiger partial charge in [-0.05, 0) is 82.9 Å². The molecule has 3 aliphatic rings.